The van der Waals surface area contributed by atoms with Crippen molar-refractivity contribution in [3.8, 4) is 28.6 Å². The number of pyridine rings is 1. The Morgan fingerprint density at radius 3 is 2.34 bits per heavy atom. The number of carbonyl (C=O) groups is 2. The van der Waals surface area contributed by atoms with E-state index in [2.05, 4.69) is 63.3 Å². The number of hydrogen-bond acceptors (Lipinski definition) is 9. The number of halogens is 2. The van der Waals surface area contributed by atoms with E-state index >= 15 is 8.78 Å². The van der Waals surface area contributed by atoms with Crippen molar-refractivity contribution in [1.29, 1.82) is 0 Å². The second-order valence-corrected chi connectivity index (χ2v) is 24.0. The lowest BCUT2D eigenvalue weighted by atomic mass is 9.95. The molecule has 11 nitrogen and oxygen atoms in total. The molecule has 0 saturated carbocycles. The van der Waals surface area contributed by atoms with E-state index in [1.807, 2.05) is 11.8 Å². The molecule has 0 radical (unpaired) electrons. The molecule has 2 saturated heterocycles. The number of thioether (sulfide) groups is 1. The summed E-state index contributed by atoms with van der Waals surface area (Å²) in [6.07, 6.45) is 0.834. The smallest absolute Gasteiger partial charge is 0.412 e. The van der Waals surface area contributed by atoms with Gasteiger partial charge < -0.3 is 19.5 Å². The van der Waals surface area contributed by atoms with Gasteiger partial charge in [-0.1, -0.05) is 65.3 Å². The van der Waals surface area contributed by atoms with Gasteiger partial charge in [0.25, 0.3) is 0 Å². The average Bonchev–Trinajstić information content (AvgIpc) is 3.38. The van der Waals surface area contributed by atoms with E-state index in [-0.39, 0.29) is 68.0 Å². The van der Waals surface area contributed by atoms with Crippen molar-refractivity contribution in [3.63, 3.8) is 0 Å². The molecule has 15 heteroatoms. The fourth-order valence-corrected chi connectivity index (χ4v) is 15.4. The molecule has 7 rings (SSSR count). The Labute approximate surface area is 343 Å². The highest BCUT2D eigenvalue weighted by molar-refractivity contribution is 7.98. The summed E-state index contributed by atoms with van der Waals surface area (Å²) in [6.45, 7) is 20.5. The predicted molar refractivity (Wildman–Crippen MR) is 228 cm³/mol. The second-order valence-electron chi connectivity index (χ2n) is 17.6. The number of nitrogens with zero attached hydrogens (tertiary/aromatic N) is 5. The zero-order chi connectivity index (χ0) is 42.2. The van der Waals surface area contributed by atoms with Gasteiger partial charge in [0.05, 0.1) is 23.7 Å². The average molecular weight is 831 g/mol. The molecule has 2 bridgehead atoms. The molecule has 3 aliphatic rings. The van der Waals surface area contributed by atoms with Gasteiger partial charge in [0, 0.05) is 23.2 Å². The molecule has 2 aromatic heterocycles. The standard InChI is InChI=1S/C43H52F2N6O5SSi/c1-21(2)58(22(3)4,23(5)6)17-16-28-30(44)14-12-25-18-26(46-41(52)56-43(8,9)10)19-29(32(25)28)35-34(45)36-33-38(49-40(48-36)57-11)50-20-27-13-15-31(51(27)42(53)54)37(50)24(7)55-39(33)47-35/h12,14,18-19,21-24,27,31,37H,13,15,20H2,1-11H3,(H,46,52)(H,53,54). The molecule has 58 heavy (non-hydrogen) atoms. The van der Waals surface area contributed by atoms with Crippen molar-refractivity contribution in [2.75, 3.05) is 23.0 Å². The van der Waals surface area contributed by atoms with Crippen LogP contribution in [0.4, 0.5) is 29.9 Å². The quantitative estimate of drug-likeness (QED) is 0.0838. The minimum Gasteiger partial charge on any atom is -0.472 e. The Morgan fingerprint density at radius 1 is 1.03 bits per heavy atom. The zero-order valence-electron chi connectivity index (χ0n) is 35.0. The first-order chi connectivity index (χ1) is 27.3. The lowest BCUT2D eigenvalue weighted by Crippen LogP contribution is -2.64. The number of piperazine rings is 1. The van der Waals surface area contributed by atoms with Crippen molar-refractivity contribution in [1.82, 2.24) is 19.9 Å². The van der Waals surface area contributed by atoms with Crippen LogP contribution in [0.25, 0.3) is 32.9 Å². The fraction of sp³-hybridized carbons (Fsp3) is 0.512. The van der Waals surface area contributed by atoms with Gasteiger partial charge in [0.2, 0.25) is 5.88 Å². The summed E-state index contributed by atoms with van der Waals surface area (Å²) in [4.78, 5) is 43.6. The van der Waals surface area contributed by atoms with E-state index in [0.717, 1.165) is 0 Å². The Morgan fingerprint density at radius 2 is 1.72 bits per heavy atom. The molecule has 2 N–H and O–H groups in total. The van der Waals surface area contributed by atoms with E-state index < -0.39 is 49.6 Å². The topological polar surface area (TPSA) is 130 Å². The van der Waals surface area contributed by atoms with Gasteiger partial charge in [-0.25, -0.2) is 33.3 Å². The number of carbonyl (C=O) groups excluding carboxylic acids is 1. The largest absolute Gasteiger partial charge is 0.472 e. The Hall–Kier alpha value is -4.68. The Bertz CT molecular complexity index is 2370. The van der Waals surface area contributed by atoms with Crippen LogP contribution < -0.4 is 15.0 Å². The van der Waals surface area contributed by atoms with Crippen LogP contribution >= 0.6 is 11.8 Å². The van der Waals surface area contributed by atoms with Gasteiger partial charge in [0.15, 0.2) is 11.0 Å². The van der Waals surface area contributed by atoms with Crippen LogP contribution in [-0.4, -0.2) is 87.8 Å². The van der Waals surface area contributed by atoms with Gasteiger partial charge in [-0.3, -0.25) is 10.2 Å². The number of fused-ring (bicyclic) bond motifs is 6. The number of rotatable bonds is 6. The summed E-state index contributed by atoms with van der Waals surface area (Å²) in [5, 5.41) is 14.4. The van der Waals surface area contributed by atoms with E-state index in [0.29, 0.717) is 41.1 Å². The summed E-state index contributed by atoms with van der Waals surface area (Å²) in [5.74, 6) is 2.45. The third kappa shape index (κ3) is 6.99. The highest BCUT2D eigenvalue weighted by Gasteiger charge is 2.53. The van der Waals surface area contributed by atoms with E-state index in [1.165, 1.54) is 22.7 Å². The van der Waals surface area contributed by atoms with Crippen molar-refractivity contribution in [2.45, 2.75) is 134 Å². The van der Waals surface area contributed by atoms with Crippen LogP contribution in [-0.2, 0) is 4.74 Å². The van der Waals surface area contributed by atoms with Crippen molar-refractivity contribution in [3.05, 3.63) is 41.5 Å². The molecule has 4 aromatic rings. The predicted octanol–water partition coefficient (Wildman–Crippen LogP) is 10.2. The summed E-state index contributed by atoms with van der Waals surface area (Å²) in [7, 11) is -2.37. The molecule has 5 heterocycles. The van der Waals surface area contributed by atoms with Gasteiger partial charge in [-0.2, -0.15) is 0 Å². The van der Waals surface area contributed by atoms with Crippen LogP contribution in [0.5, 0.6) is 5.88 Å². The first kappa shape index (κ1) is 41.5. The lowest BCUT2D eigenvalue weighted by molar-refractivity contribution is 0.0634. The maximum absolute atomic E-state index is 17.7. The van der Waals surface area contributed by atoms with Crippen molar-refractivity contribution >= 4 is 65.2 Å². The maximum atomic E-state index is 17.7. The van der Waals surface area contributed by atoms with Crippen LogP contribution in [0.15, 0.2) is 29.4 Å². The first-order valence-corrected chi connectivity index (χ1v) is 23.4. The minimum atomic E-state index is -2.37. The number of benzene rings is 2. The summed E-state index contributed by atoms with van der Waals surface area (Å²) in [5.41, 5.74) is 4.01. The SMILES string of the molecule is CSc1nc2c3c(nc(-c4cc(NC(=O)OC(C)(C)C)cc5ccc(F)c(C#C[Si](C(C)C)(C(C)C)C(C)C)c45)c(F)c3n1)OC(C)C1C3CCC(CN21)N3C(=O)O. The first-order valence-electron chi connectivity index (χ1n) is 20.0. The molecule has 308 valence electrons. The molecule has 2 aromatic carbocycles. The van der Waals surface area contributed by atoms with Crippen LogP contribution in [0.2, 0.25) is 16.6 Å². The van der Waals surface area contributed by atoms with Crippen LogP contribution in [0.1, 0.15) is 87.6 Å². The van der Waals surface area contributed by atoms with Crippen LogP contribution in [0, 0.1) is 23.1 Å². The normalized spacial score (nSPS) is 20.3. The summed E-state index contributed by atoms with van der Waals surface area (Å²) >= 11 is 1.25. The van der Waals surface area contributed by atoms with Crippen LogP contribution in [0.3, 0.4) is 0 Å². The van der Waals surface area contributed by atoms with E-state index in [9.17, 15) is 14.7 Å². The molecule has 2 fully saturated rings. The molecule has 0 spiro atoms. The lowest BCUT2D eigenvalue weighted by Gasteiger charge is -2.47. The number of aromatic nitrogens is 3. The maximum Gasteiger partial charge on any atom is 0.412 e. The molecule has 4 unspecified atom stereocenters. The number of nitrogens with one attached hydrogen (secondary N) is 1. The molecular formula is C43H52F2N6O5SSi. The summed E-state index contributed by atoms with van der Waals surface area (Å²) < 4.78 is 46.3. The zero-order valence-corrected chi connectivity index (χ0v) is 36.8. The van der Waals surface area contributed by atoms with E-state index in [4.69, 9.17) is 19.4 Å². The molecular weight excluding hydrogens is 779 g/mol. The molecule has 0 aliphatic carbocycles. The summed E-state index contributed by atoms with van der Waals surface area (Å²) in [6, 6.07) is 5.08. The third-order valence-electron chi connectivity index (χ3n) is 12.1. The minimum absolute atomic E-state index is 0.0382. The van der Waals surface area contributed by atoms with Crippen molar-refractivity contribution < 1.29 is 33.0 Å². The fourth-order valence-electron chi connectivity index (χ4n) is 9.83. The van der Waals surface area contributed by atoms with E-state index in [1.54, 1.807) is 45.2 Å². The van der Waals surface area contributed by atoms with Crippen molar-refractivity contribution in [2.24, 2.45) is 0 Å². The number of anilines is 2. The molecule has 4 atom stereocenters. The Kier molecular flexibility index (Phi) is 10.8. The molecule has 2 amide bonds. The molecule has 3 aliphatic heterocycles. The Balaban J connectivity index is 1.52. The number of hydrogen-bond donors (Lipinski definition) is 2. The van der Waals surface area contributed by atoms with Gasteiger partial charge >= 0.3 is 12.2 Å². The van der Waals surface area contributed by atoms with Gasteiger partial charge in [-0.15, -0.1) is 5.54 Å². The highest BCUT2D eigenvalue weighted by Crippen LogP contribution is 2.48. The third-order valence-corrected chi connectivity index (χ3v) is 18.9. The van der Waals surface area contributed by atoms with Gasteiger partial charge in [-0.05, 0) is 87.0 Å². The second kappa shape index (κ2) is 15.2. The highest BCUT2D eigenvalue weighted by atomic mass is 32.2. The number of carboxylic acid groups (broad SMARTS) is 1. The number of amides is 2. The number of ether oxygens (including phenoxy) is 2. The van der Waals surface area contributed by atoms with Gasteiger partial charge in [0.1, 0.15) is 48.0 Å². The monoisotopic (exact) mass is 830 g/mol.